The summed E-state index contributed by atoms with van der Waals surface area (Å²) in [5.74, 6) is 1.05. The zero-order valence-electron chi connectivity index (χ0n) is 17.1. The number of ketones is 1. The second-order valence-electron chi connectivity index (χ2n) is 7.74. The second kappa shape index (κ2) is 14.3. The van der Waals surface area contributed by atoms with E-state index in [4.69, 9.17) is 0 Å². The molecule has 0 rings (SSSR count). The average Bonchev–Trinajstić information content (AvgIpc) is 2.46. The number of carbonyl (C=O) groups excluding carboxylic acids is 1. The van der Waals surface area contributed by atoms with E-state index >= 15 is 0 Å². The molecule has 0 aromatic carbocycles. The van der Waals surface area contributed by atoms with Crippen LogP contribution < -0.4 is 0 Å². The molecule has 0 aliphatic carbocycles. The molecule has 1 heteroatoms. The monoisotopic (exact) mass is 332 g/mol. The van der Waals surface area contributed by atoms with E-state index < -0.39 is 0 Å². The quantitative estimate of drug-likeness (QED) is 0.318. The Morgan fingerprint density at radius 1 is 0.750 bits per heavy atom. The van der Waals surface area contributed by atoms with Crippen molar-refractivity contribution < 1.29 is 4.79 Å². The van der Waals surface area contributed by atoms with E-state index in [1.165, 1.54) is 55.2 Å². The smallest absolute Gasteiger partial charge is 0.129 e. The van der Waals surface area contributed by atoms with Crippen molar-refractivity contribution in [1.82, 2.24) is 0 Å². The molecular weight excluding hydrogens is 292 g/mol. The van der Waals surface area contributed by atoms with Gasteiger partial charge in [-0.2, -0.15) is 0 Å². The number of allylic oxidation sites excluding steroid dienone is 6. The molecule has 0 aromatic heterocycles. The summed E-state index contributed by atoms with van der Waals surface area (Å²) in [6, 6.07) is 0. The standard InChI is InChI=1S/C23H40O/c1-19(2)11-7-12-20(3)13-8-14-21(4)15-9-16-22(5)17-10-18-23(6)24/h11,13,15,22H,7-10,12,14,16-18H2,1-6H3/b20-13+,21-15+. The lowest BCUT2D eigenvalue weighted by atomic mass is 9.97. The summed E-state index contributed by atoms with van der Waals surface area (Å²) >= 11 is 0. The highest BCUT2D eigenvalue weighted by Gasteiger charge is 2.02. The van der Waals surface area contributed by atoms with E-state index in [0.717, 1.165) is 25.2 Å². The minimum Gasteiger partial charge on any atom is -0.300 e. The summed E-state index contributed by atoms with van der Waals surface area (Å²) in [6.45, 7) is 12.8. The average molecular weight is 333 g/mol. The van der Waals surface area contributed by atoms with E-state index in [0.29, 0.717) is 5.78 Å². The van der Waals surface area contributed by atoms with Gasteiger partial charge in [0.05, 0.1) is 0 Å². The Morgan fingerprint density at radius 2 is 1.29 bits per heavy atom. The molecule has 0 aliphatic heterocycles. The van der Waals surface area contributed by atoms with E-state index in [1.807, 2.05) is 0 Å². The van der Waals surface area contributed by atoms with Crippen LogP contribution in [0.25, 0.3) is 0 Å². The minimum absolute atomic E-state index is 0.321. The highest BCUT2D eigenvalue weighted by atomic mass is 16.1. The van der Waals surface area contributed by atoms with Gasteiger partial charge in [-0.3, -0.25) is 0 Å². The van der Waals surface area contributed by atoms with Gasteiger partial charge in [0.2, 0.25) is 0 Å². The number of rotatable bonds is 13. The van der Waals surface area contributed by atoms with Crippen LogP contribution in [0.5, 0.6) is 0 Å². The summed E-state index contributed by atoms with van der Waals surface area (Å²) in [6.07, 6.45) is 17.2. The summed E-state index contributed by atoms with van der Waals surface area (Å²) in [7, 11) is 0. The topological polar surface area (TPSA) is 17.1 Å². The third-order valence-corrected chi connectivity index (χ3v) is 4.50. The zero-order chi connectivity index (χ0) is 18.4. The Hall–Kier alpha value is -1.11. The summed E-state index contributed by atoms with van der Waals surface area (Å²) in [5, 5.41) is 0. The van der Waals surface area contributed by atoms with Gasteiger partial charge < -0.3 is 4.79 Å². The minimum atomic E-state index is 0.321. The Kier molecular flexibility index (Phi) is 13.6. The molecule has 0 aromatic rings. The number of hydrogen-bond donors (Lipinski definition) is 0. The molecule has 0 bridgehead atoms. The molecule has 0 fully saturated rings. The van der Waals surface area contributed by atoms with Gasteiger partial charge in [0.25, 0.3) is 0 Å². The molecule has 24 heavy (non-hydrogen) atoms. The van der Waals surface area contributed by atoms with Crippen molar-refractivity contribution >= 4 is 5.78 Å². The van der Waals surface area contributed by atoms with Gasteiger partial charge in [-0.05, 0) is 85.5 Å². The Labute approximate surface area is 151 Å². The molecule has 0 saturated carbocycles. The largest absolute Gasteiger partial charge is 0.300 e. The highest BCUT2D eigenvalue weighted by molar-refractivity contribution is 5.75. The fourth-order valence-electron chi connectivity index (χ4n) is 2.80. The molecule has 0 spiro atoms. The number of hydrogen-bond acceptors (Lipinski definition) is 1. The number of Topliss-reactive ketones (excluding diaryl/α,β-unsaturated/α-hetero) is 1. The molecule has 0 N–H and O–H groups in total. The zero-order valence-corrected chi connectivity index (χ0v) is 17.1. The molecular formula is C23H40O. The first kappa shape index (κ1) is 22.9. The van der Waals surface area contributed by atoms with Gasteiger partial charge in [0.1, 0.15) is 5.78 Å². The summed E-state index contributed by atoms with van der Waals surface area (Å²) < 4.78 is 0. The molecule has 138 valence electrons. The fourth-order valence-corrected chi connectivity index (χ4v) is 2.80. The van der Waals surface area contributed by atoms with E-state index in [1.54, 1.807) is 6.92 Å². The molecule has 1 atom stereocenters. The lowest BCUT2D eigenvalue weighted by Gasteiger charge is -2.09. The molecule has 0 heterocycles. The van der Waals surface area contributed by atoms with Crippen molar-refractivity contribution in [3.05, 3.63) is 34.9 Å². The lowest BCUT2D eigenvalue weighted by Crippen LogP contribution is -1.97. The maximum atomic E-state index is 10.9. The van der Waals surface area contributed by atoms with Gasteiger partial charge in [0, 0.05) is 6.42 Å². The maximum absolute atomic E-state index is 10.9. The first-order valence-corrected chi connectivity index (χ1v) is 9.75. The Morgan fingerprint density at radius 3 is 1.83 bits per heavy atom. The van der Waals surface area contributed by atoms with Crippen LogP contribution >= 0.6 is 0 Å². The Balaban J connectivity index is 3.86. The normalized spacial score (nSPS) is 13.8. The van der Waals surface area contributed by atoms with Crippen LogP contribution in [0, 0.1) is 5.92 Å². The molecule has 0 saturated heterocycles. The van der Waals surface area contributed by atoms with Gasteiger partial charge in [-0.15, -0.1) is 0 Å². The van der Waals surface area contributed by atoms with Gasteiger partial charge >= 0.3 is 0 Å². The van der Waals surface area contributed by atoms with Crippen molar-refractivity contribution in [2.24, 2.45) is 5.92 Å². The number of carbonyl (C=O) groups is 1. The van der Waals surface area contributed by atoms with Crippen LogP contribution in [0.3, 0.4) is 0 Å². The van der Waals surface area contributed by atoms with E-state index in [-0.39, 0.29) is 0 Å². The van der Waals surface area contributed by atoms with Crippen molar-refractivity contribution in [3.63, 3.8) is 0 Å². The van der Waals surface area contributed by atoms with Crippen LogP contribution in [0.1, 0.15) is 99.3 Å². The van der Waals surface area contributed by atoms with Crippen LogP contribution in [-0.2, 0) is 4.79 Å². The van der Waals surface area contributed by atoms with Gasteiger partial charge in [0.15, 0.2) is 0 Å². The summed E-state index contributed by atoms with van der Waals surface area (Å²) in [4.78, 5) is 10.9. The SMILES string of the molecule is CC(=O)CCCC(C)CC/C=C(\C)CC/C=C(\C)CCC=C(C)C. The molecule has 0 amide bonds. The molecule has 1 nitrogen and oxygen atoms in total. The van der Waals surface area contributed by atoms with Gasteiger partial charge in [-0.25, -0.2) is 0 Å². The van der Waals surface area contributed by atoms with Crippen molar-refractivity contribution in [1.29, 1.82) is 0 Å². The van der Waals surface area contributed by atoms with Crippen molar-refractivity contribution in [2.75, 3.05) is 0 Å². The summed E-state index contributed by atoms with van der Waals surface area (Å²) in [5.41, 5.74) is 4.44. The second-order valence-corrected chi connectivity index (χ2v) is 7.74. The fraction of sp³-hybridized carbons (Fsp3) is 0.696. The molecule has 1 unspecified atom stereocenters. The molecule has 0 aliphatic rings. The van der Waals surface area contributed by atoms with Gasteiger partial charge in [-0.1, -0.05) is 48.3 Å². The predicted octanol–water partition coefficient (Wildman–Crippen LogP) is 7.58. The molecule has 0 radical (unpaired) electrons. The van der Waals surface area contributed by atoms with Crippen LogP contribution in [0.2, 0.25) is 0 Å². The van der Waals surface area contributed by atoms with E-state index in [2.05, 4.69) is 52.8 Å². The predicted molar refractivity (Wildman–Crippen MR) is 108 cm³/mol. The van der Waals surface area contributed by atoms with Crippen molar-refractivity contribution in [3.8, 4) is 0 Å². The van der Waals surface area contributed by atoms with Crippen LogP contribution in [0.15, 0.2) is 34.9 Å². The van der Waals surface area contributed by atoms with Crippen molar-refractivity contribution in [2.45, 2.75) is 99.3 Å². The highest BCUT2D eigenvalue weighted by Crippen LogP contribution is 2.17. The first-order valence-electron chi connectivity index (χ1n) is 9.75. The Bertz CT molecular complexity index is 433. The maximum Gasteiger partial charge on any atom is 0.129 e. The third kappa shape index (κ3) is 15.8. The lowest BCUT2D eigenvalue weighted by molar-refractivity contribution is -0.117. The van der Waals surface area contributed by atoms with Crippen LogP contribution in [-0.4, -0.2) is 5.78 Å². The van der Waals surface area contributed by atoms with Crippen LogP contribution in [0.4, 0.5) is 0 Å². The first-order chi connectivity index (χ1) is 11.3. The third-order valence-electron chi connectivity index (χ3n) is 4.50. The van der Waals surface area contributed by atoms with E-state index in [9.17, 15) is 4.79 Å².